The third-order valence-corrected chi connectivity index (χ3v) is 4.76. The molecule has 0 spiro atoms. The highest BCUT2D eigenvalue weighted by molar-refractivity contribution is 4.86. The summed E-state index contributed by atoms with van der Waals surface area (Å²) in [5.41, 5.74) is 0. The molecule has 0 bridgehead atoms. The molecule has 3 heteroatoms. The van der Waals surface area contributed by atoms with Gasteiger partial charge in [0, 0.05) is 31.3 Å². The van der Waals surface area contributed by atoms with Gasteiger partial charge in [-0.2, -0.15) is 0 Å². The van der Waals surface area contributed by atoms with Crippen LogP contribution in [0, 0.1) is 0 Å². The van der Waals surface area contributed by atoms with E-state index in [1.807, 2.05) is 0 Å². The van der Waals surface area contributed by atoms with Crippen LogP contribution < -0.4 is 5.32 Å². The number of rotatable bonds is 3. The Labute approximate surface area is 112 Å². The molecule has 0 aromatic heterocycles. The van der Waals surface area contributed by atoms with Crippen LogP contribution in [0.1, 0.15) is 58.3 Å². The van der Waals surface area contributed by atoms with Crippen molar-refractivity contribution < 1.29 is 5.11 Å². The van der Waals surface area contributed by atoms with E-state index in [1.54, 1.807) is 0 Å². The number of nitrogens with zero attached hydrogens (tertiary/aromatic N) is 1. The zero-order valence-corrected chi connectivity index (χ0v) is 11.9. The standard InChI is InChI=1S/C15H30N2O/c1-13-8-10-16-14(9-11-18)12-17(13)15-6-4-2-3-5-7-15/h13-16,18H,2-12H2,1H3. The zero-order chi connectivity index (χ0) is 12.8. The van der Waals surface area contributed by atoms with Crippen molar-refractivity contribution in [3.63, 3.8) is 0 Å². The molecule has 2 aliphatic rings. The molecule has 18 heavy (non-hydrogen) atoms. The summed E-state index contributed by atoms with van der Waals surface area (Å²) in [6.45, 7) is 4.93. The topological polar surface area (TPSA) is 35.5 Å². The first kappa shape index (κ1) is 14.3. The molecule has 106 valence electrons. The molecule has 0 radical (unpaired) electrons. The number of aliphatic hydroxyl groups is 1. The number of nitrogens with one attached hydrogen (secondary N) is 1. The van der Waals surface area contributed by atoms with Crippen molar-refractivity contribution in [2.24, 2.45) is 0 Å². The maximum Gasteiger partial charge on any atom is 0.0446 e. The number of hydrogen-bond donors (Lipinski definition) is 2. The fourth-order valence-corrected chi connectivity index (χ4v) is 3.61. The van der Waals surface area contributed by atoms with E-state index in [0.29, 0.717) is 18.7 Å². The van der Waals surface area contributed by atoms with Crippen LogP contribution in [0.25, 0.3) is 0 Å². The lowest BCUT2D eigenvalue weighted by atomic mass is 10.0. The van der Waals surface area contributed by atoms with Gasteiger partial charge in [-0.25, -0.2) is 0 Å². The minimum absolute atomic E-state index is 0.310. The fourth-order valence-electron chi connectivity index (χ4n) is 3.61. The van der Waals surface area contributed by atoms with Crippen LogP contribution >= 0.6 is 0 Å². The summed E-state index contributed by atoms with van der Waals surface area (Å²) in [7, 11) is 0. The van der Waals surface area contributed by atoms with Crippen LogP contribution in [0.2, 0.25) is 0 Å². The molecule has 1 saturated heterocycles. The molecule has 0 amide bonds. The van der Waals surface area contributed by atoms with Crippen LogP contribution in [0.15, 0.2) is 0 Å². The Morgan fingerprint density at radius 2 is 1.83 bits per heavy atom. The van der Waals surface area contributed by atoms with Crippen LogP contribution in [-0.2, 0) is 0 Å². The van der Waals surface area contributed by atoms with Crippen molar-refractivity contribution in [1.29, 1.82) is 0 Å². The first-order valence-corrected chi connectivity index (χ1v) is 7.91. The van der Waals surface area contributed by atoms with Gasteiger partial charge in [0.1, 0.15) is 0 Å². The molecule has 1 aliphatic heterocycles. The molecule has 2 N–H and O–H groups in total. The quantitative estimate of drug-likeness (QED) is 0.758. The lowest BCUT2D eigenvalue weighted by Gasteiger charge is -2.36. The molecule has 1 saturated carbocycles. The van der Waals surface area contributed by atoms with E-state index in [4.69, 9.17) is 5.11 Å². The molecule has 3 nitrogen and oxygen atoms in total. The van der Waals surface area contributed by atoms with Gasteiger partial charge in [-0.1, -0.05) is 25.7 Å². The van der Waals surface area contributed by atoms with Crippen molar-refractivity contribution in [3.05, 3.63) is 0 Å². The lowest BCUT2D eigenvalue weighted by molar-refractivity contribution is 0.121. The SMILES string of the molecule is CC1CCNC(CCO)CN1C1CCCCCC1. The second-order valence-electron chi connectivity index (χ2n) is 6.14. The highest BCUT2D eigenvalue weighted by Gasteiger charge is 2.28. The Morgan fingerprint density at radius 1 is 1.11 bits per heavy atom. The van der Waals surface area contributed by atoms with E-state index in [1.165, 1.54) is 44.9 Å². The van der Waals surface area contributed by atoms with Gasteiger partial charge >= 0.3 is 0 Å². The molecular formula is C15H30N2O. The molecule has 0 aromatic rings. The lowest BCUT2D eigenvalue weighted by Crippen LogP contribution is -2.46. The van der Waals surface area contributed by atoms with Gasteiger partial charge in [-0.3, -0.25) is 4.90 Å². The molecule has 1 heterocycles. The average Bonchev–Trinajstić information content (AvgIpc) is 2.71. The van der Waals surface area contributed by atoms with Crippen molar-refractivity contribution in [1.82, 2.24) is 10.2 Å². The Bertz CT molecular complexity index is 227. The largest absolute Gasteiger partial charge is 0.396 e. The van der Waals surface area contributed by atoms with Crippen molar-refractivity contribution in [3.8, 4) is 0 Å². The van der Waals surface area contributed by atoms with E-state index < -0.39 is 0 Å². The van der Waals surface area contributed by atoms with Crippen molar-refractivity contribution >= 4 is 0 Å². The Balaban J connectivity index is 1.96. The monoisotopic (exact) mass is 254 g/mol. The van der Waals surface area contributed by atoms with E-state index in [-0.39, 0.29) is 0 Å². The summed E-state index contributed by atoms with van der Waals surface area (Å²) in [5, 5.41) is 12.8. The summed E-state index contributed by atoms with van der Waals surface area (Å²) < 4.78 is 0. The Morgan fingerprint density at radius 3 is 2.50 bits per heavy atom. The van der Waals surface area contributed by atoms with Crippen LogP contribution in [0.3, 0.4) is 0 Å². The maximum atomic E-state index is 9.16. The minimum atomic E-state index is 0.310. The Kier molecular flexibility index (Phi) is 5.93. The van der Waals surface area contributed by atoms with Gasteiger partial charge in [-0.15, -0.1) is 0 Å². The maximum absolute atomic E-state index is 9.16. The summed E-state index contributed by atoms with van der Waals surface area (Å²) >= 11 is 0. The second-order valence-corrected chi connectivity index (χ2v) is 6.14. The smallest absolute Gasteiger partial charge is 0.0446 e. The predicted octanol–water partition coefficient (Wildman–Crippen LogP) is 2.14. The third kappa shape index (κ3) is 3.94. The van der Waals surface area contributed by atoms with Crippen LogP contribution in [-0.4, -0.2) is 47.8 Å². The van der Waals surface area contributed by atoms with E-state index in [2.05, 4.69) is 17.1 Å². The summed E-state index contributed by atoms with van der Waals surface area (Å²) in [6.07, 6.45) is 10.6. The van der Waals surface area contributed by atoms with Crippen LogP contribution in [0.4, 0.5) is 0 Å². The van der Waals surface area contributed by atoms with Gasteiger partial charge in [0.05, 0.1) is 0 Å². The number of hydrogen-bond acceptors (Lipinski definition) is 3. The van der Waals surface area contributed by atoms with Gasteiger partial charge in [0.25, 0.3) is 0 Å². The number of aliphatic hydroxyl groups excluding tert-OH is 1. The van der Waals surface area contributed by atoms with Gasteiger partial charge in [-0.05, 0) is 39.2 Å². The fraction of sp³-hybridized carbons (Fsp3) is 1.00. The molecule has 2 fully saturated rings. The van der Waals surface area contributed by atoms with Gasteiger partial charge in [0.2, 0.25) is 0 Å². The van der Waals surface area contributed by atoms with Gasteiger partial charge < -0.3 is 10.4 Å². The normalized spacial score (nSPS) is 33.0. The third-order valence-electron chi connectivity index (χ3n) is 4.76. The molecule has 1 aliphatic carbocycles. The van der Waals surface area contributed by atoms with Gasteiger partial charge in [0.15, 0.2) is 0 Å². The highest BCUT2D eigenvalue weighted by atomic mass is 16.3. The molecular weight excluding hydrogens is 224 g/mol. The molecule has 2 atom stereocenters. The first-order valence-electron chi connectivity index (χ1n) is 7.91. The minimum Gasteiger partial charge on any atom is -0.396 e. The van der Waals surface area contributed by atoms with E-state index in [0.717, 1.165) is 25.6 Å². The summed E-state index contributed by atoms with van der Waals surface area (Å²) in [4.78, 5) is 2.74. The van der Waals surface area contributed by atoms with E-state index >= 15 is 0 Å². The zero-order valence-electron chi connectivity index (χ0n) is 11.9. The van der Waals surface area contributed by atoms with E-state index in [9.17, 15) is 0 Å². The average molecular weight is 254 g/mol. The summed E-state index contributed by atoms with van der Waals surface area (Å²) in [6, 6.07) is 1.98. The second kappa shape index (κ2) is 7.46. The van der Waals surface area contributed by atoms with Crippen molar-refractivity contribution in [2.45, 2.75) is 76.4 Å². The highest BCUT2D eigenvalue weighted by Crippen LogP contribution is 2.25. The molecule has 0 aromatic carbocycles. The summed E-state index contributed by atoms with van der Waals surface area (Å²) in [5.74, 6) is 0. The first-order chi connectivity index (χ1) is 8.81. The predicted molar refractivity (Wildman–Crippen MR) is 75.8 cm³/mol. The molecule has 2 rings (SSSR count). The van der Waals surface area contributed by atoms with Crippen molar-refractivity contribution in [2.75, 3.05) is 19.7 Å². The van der Waals surface area contributed by atoms with Crippen LogP contribution in [0.5, 0.6) is 0 Å². The molecule has 2 unspecified atom stereocenters. The Hall–Kier alpha value is -0.120.